The first-order valence-electron chi connectivity index (χ1n) is 11.0. The van der Waals surface area contributed by atoms with E-state index in [0.29, 0.717) is 18.7 Å². The Labute approximate surface area is 197 Å². The lowest BCUT2D eigenvalue weighted by molar-refractivity contribution is -0.140. The van der Waals surface area contributed by atoms with Crippen LogP contribution in [0.2, 0.25) is 0 Å². The third-order valence-electron chi connectivity index (χ3n) is 5.40. The topological polar surface area (TPSA) is 90.0 Å². The van der Waals surface area contributed by atoms with E-state index < -0.39 is 28.7 Å². The average Bonchev–Trinajstić information content (AvgIpc) is 2.79. The molecule has 0 bridgehead atoms. The van der Waals surface area contributed by atoms with Gasteiger partial charge in [0.25, 0.3) is 0 Å². The van der Waals surface area contributed by atoms with Gasteiger partial charge in [-0.1, -0.05) is 49.4 Å². The molecule has 2 aromatic rings. The normalized spacial score (nSPS) is 12.3. The second-order valence-corrected chi connectivity index (χ2v) is 9.97. The van der Waals surface area contributed by atoms with Gasteiger partial charge in [-0.3, -0.25) is 9.59 Å². The Bertz CT molecular complexity index is 1040. The maximum Gasteiger partial charge on any atom is 0.304 e. The van der Waals surface area contributed by atoms with Gasteiger partial charge in [0.1, 0.15) is 12.6 Å². The summed E-state index contributed by atoms with van der Waals surface area (Å²) < 4.78 is 28.3. The number of benzene rings is 2. The number of hydrogen-bond acceptors (Lipinski definition) is 4. The minimum absolute atomic E-state index is 0.200. The van der Waals surface area contributed by atoms with Gasteiger partial charge in [-0.15, -0.1) is 0 Å². The van der Waals surface area contributed by atoms with Crippen LogP contribution in [0.15, 0.2) is 54.6 Å². The third kappa shape index (κ3) is 6.55. The lowest BCUT2D eigenvalue weighted by Gasteiger charge is -2.34. The second kappa shape index (κ2) is 11.8. The number of nitrogens with one attached hydrogen (secondary N) is 1. The van der Waals surface area contributed by atoms with Crippen molar-refractivity contribution >= 4 is 27.7 Å². The van der Waals surface area contributed by atoms with Crippen LogP contribution in [0.3, 0.4) is 0 Å². The number of carbonyl (C=O) groups excluding carboxylic acids is 2. The zero-order valence-electron chi connectivity index (χ0n) is 20.0. The van der Waals surface area contributed by atoms with Crippen molar-refractivity contribution in [1.82, 2.24) is 14.5 Å². The lowest BCUT2D eigenvalue weighted by Crippen LogP contribution is -2.53. The summed E-state index contributed by atoms with van der Waals surface area (Å²) in [6.07, 6.45) is 0.398. The average molecular weight is 475 g/mol. The molecule has 33 heavy (non-hydrogen) atoms. The number of para-hydroxylation sites is 1. The Morgan fingerprint density at radius 1 is 0.970 bits per heavy atom. The van der Waals surface area contributed by atoms with E-state index in [1.54, 1.807) is 30.3 Å². The van der Waals surface area contributed by atoms with Crippen LogP contribution < -0.4 is 9.62 Å². The van der Waals surface area contributed by atoms with E-state index in [0.717, 1.165) is 19.7 Å². The summed E-state index contributed by atoms with van der Waals surface area (Å²) in [5, 5.41) is 2.79. The van der Waals surface area contributed by atoms with Crippen molar-refractivity contribution in [1.29, 1.82) is 0 Å². The number of nitrogens with zero attached hydrogens (tertiary/aromatic N) is 3. The second-order valence-electron chi connectivity index (χ2n) is 7.90. The maximum absolute atomic E-state index is 13.6. The Morgan fingerprint density at radius 2 is 1.58 bits per heavy atom. The molecule has 1 unspecified atom stereocenters. The van der Waals surface area contributed by atoms with Crippen LogP contribution in [0.25, 0.3) is 0 Å². The van der Waals surface area contributed by atoms with Crippen molar-refractivity contribution < 1.29 is 18.0 Å². The van der Waals surface area contributed by atoms with Gasteiger partial charge in [-0.25, -0.2) is 4.31 Å². The highest BCUT2D eigenvalue weighted by atomic mass is 32.2. The molecule has 2 amide bonds. The van der Waals surface area contributed by atoms with E-state index in [1.165, 1.54) is 19.0 Å². The zero-order valence-corrected chi connectivity index (χ0v) is 20.8. The summed E-state index contributed by atoms with van der Waals surface area (Å²) in [5.41, 5.74) is 2.26. The highest BCUT2D eigenvalue weighted by Crippen LogP contribution is 2.21. The molecule has 1 N–H and O–H groups in total. The van der Waals surface area contributed by atoms with E-state index in [2.05, 4.69) is 5.32 Å². The van der Waals surface area contributed by atoms with E-state index in [-0.39, 0.29) is 12.5 Å². The van der Waals surface area contributed by atoms with Gasteiger partial charge in [0.15, 0.2) is 0 Å². The molecule has 0 heterocycles. The smallest absolute Gasteiger partial charge is 0.304 e. The largest absolute Gasteiger partial charge is 0.355 e. The fourth-order valence-electron chi connectivity index (χ4n) is 3.49. The van der Waals surface area contributed by atoms with Crippen LogP contribution >= 0.6 is 0 Å². The molecule has 180 valence electrons. The van der Waals surface area contributed by atoms with Gasteiger partial charge >= 0.3 is 10.2 Å². The summed E-state index contributed by atoms with van der Waals surface area (Å²) in [5.74, 6) is -0.714. The molecule has 0 spiro atoms. The quantitative estimate of drug-likeness (QED) is 0.542. The third-order valence-corrected chi connectivity index (χ3v) is 7.22. The molecule has 2 aromatic carbocycles. The minimum Gasteiger partial charge on any atom is -0.355 e. The van der Waals surface area contributed by atoms with Crippen LogP contribution in [0.1, 0.15) is 31.4 Å². The van der Waals surface area contributed by atoms with Crippen molar-refractivity contribution in [3.63, 3.8) is 0 Å². The predicted octanol–water partition coefficient (Wildman–Crippen LogP) is 2.55. The van der Waals surface area contributed by atoms with Gasteiger partial charge in [0.2, 0.25) is 11.8 Å². The number of aryl methyl sites for hydroxylation is 1. The van der Waals surface area contributed by atoms with Crippen LogP contribution in [-0.4, -0.2) is 62.7 Å². The SMILES string of the molecule is CCNC(=O)C(CC)N(Cc1ccccc1C)C(=O)CN(c1ccccc1)S(=O)(=O)N(C)C. The molecule has 9 heteroatoms. The standard InChI is InChI=1S/C24H34N4O4S/c1-6-22(24(30)25-7-2)27(17-20-14-12-11-13-19(20)3)23(29)18-28(33(31,32)26(4)5)21-15-9-8-10-16-21/h8-16,22H,6-7,17-18H2,1-5H3,(H,25,30). The summed E-state index contributed by atoms with van der Waals surface area (Å²) in [4.78, 5) is 27.9. The van der Waals surface area contributed by atoms with Crippen molar-refractivity contribution in [3.05, 3.63) is 65.7 Å². The molecule has 0 saturated heterocycles. The van der Waals surface area contributed by atoms with Crippen molar-refractivity contribution in [2.45, 2.75) is 39.8 Å². The molecule has 0 aromatic heterocycles. The Kier molecular flexibility index (Phi) is 9.43. The van der Waals surface area contributed by atoms with Crippen molar-refractivity contribution in [2.24, 2.45) is 0 Å². The van der Waals surface area contributed by atoms with Gasteiger partial charge in [0.05, 0.1) is 5.69 Å². The number of hydrogen-bond donors (Lipinski definition) is 1. The molecule has 0 aliphatic carbocycles. The molecular formula is C24H34N4O4S. The Hall–Kier alpha value is -2.91. The van der Waals surface area contributed by atoms with Gasteiger partial charge in [-0.05, 0) is 43.5 Å². The van der Waals surface area contributed by atoms with Crippen molar-refractivity contribution in [2.75, 3.05) is 31.5 Å². The van der Waals surface area contributed by atoms with E-state index >= 15 is 0 Å². The highest BCUT2D eigenvalue weighted by Gasteiger charge is 2.33. The molecule has 0 radical (unpaired) electrons. The summed E-state index contributed by atoms with van der Waals surface area (Å²) in [6.45, 7) is 5.81. The lowest BCUT2D eigenvalue weighted by atomic mass is 10.1. The molecular weight excluding hydrogens is 440 g/mol. The van der Waals surface area contributed by atoms with E-state index in [9.17, 15) is 18.0 Å². The number of anilines is 1. The molecule has 8 nitrogen and oxygen atoms in total. The van der Waals surface area contributed by atoms with Gasteiger partial charge in [-0.2, -0.15) is 12.7 Å². The first-order valence-corrected chi connectivity index (χ1v) is 12.4. The van der Waals surface area contributed by atoms with E-state index in [1.807, 2.05) is 45.0 Å². The number of carbonyl (C=O) groups is 2. The highest BCUT2D eigenvalue weighted by molar-refractivity contribution is 7.90. The van der Waals surface area contributed by atoms with Crippen LogP contribution in [0.4, 0.5) is 5.69 Å². The molecule has 2 rings (SSSR count). The first kappa shape index (κ1) is 26.3. The monoisotopic (exact) mass is 474 g/mol. The number of amides is 2. The van der Waals surface area contributed by atoms with Gasteiger partial charge in [0, 0.05) is 27.2 Å². The fraction of sp³-hybridized carbons (Fsp3) is 0.417. The van der Waals surface area contributed by atoms with Crippen LogP contribution in [-0.2, 0) is 26.3 Å². The summed E-state index contributed by atoms with van der Waals surface area (Å²) in [6, 6.07) is 15.4. The molecule has 0 aliphatic rings. The molecule has 1 atom stereocenters. The summed E-state index contributed by atoms with van der Waals surface area (Å²) in [7, 11) is -1.10. The number of rotatable bonds is 11. The molecule has 0 fully saturated rings. The van der Waals surface area contributed by atoms with Crippen LogP contribution in [0.5, 0.6) is 0 Å². The number of likely N-dealkylation sites (N-methyl/N-ethyl adjacent to an activating group) is 1. The van der Waals surface area contributed by atoms with E-state index in [4.69, 9.17) is 0 Å². The van der Waals surface area contributed by atoms with Gasteiger partial charge < -0.3 is 10.2 Å². The Morgan fingerprint density at radius 3 is 2.12 bits per heavy atom. The molecule has 0 saturated carbocycles. The van der Waals surface area contributed by atoms with Crippen molar-refractivity contribution in [3.8, 4) is 0 Å². The van der Waals surface area contributed by atoms with Crippen LogP contribution in [0, 0.1) is 6.92 Å². The Balaban J connectivity index is 2.48. The first-order chi connectivity index (χ1) is 15.6. The summed E-state index contributed by atoms with van der Waals surface area (Å²) >= 11 is 0. The fourth-order valence-corrected chi connectivity index (χ4v) is 4.55. The zero-order chi connectivity index (χ0) is 24.6. The molecule has 0 aliphatic heterocycles. The maximum atomic E-state index is 13.6. The minimum atomic E-state index is -3.95. The predicted molar refractivity (Wildman–Crippen MR) is 131 cm³/mol.